The minimum Gasteiger partial charge on any atom is -0.478 e. The number of hydrogen-bond donors (Lipinski definition) is 1. The zero-order valence-electron chi connectivity index (χ0n) is 7.69. The molecule has 0 radical (unpaired) electrons. The van der Waals surface area contributed by atoms with E-state index >= 15 is 0 Å². The van der Waals surface area contributed by atoms with E-state index in [1.165, 1.54) is 0 Å². The minimum atomic E-state index is 0.506. The number of nitrogens with zero attached hydrogens (tertiary/aromatic N) is 1. The van der Waals surface area contributed by atoms with Crippen LogP contribution in [0.1, 0.15) is 12.0 Å². The summed E-state index contributed by atoms with van der Waals surface area (Å²) in [7, 11) is 0. The van der Waals surface area contributed by atoms with Gasteiger partial charge in [-0.15, -0.1) is 0 Å². The smallest absolute Gasteiger partial charge is 0.213 e. The van der Waals surface area contributed by atoms with Crippen molar-refractivity contribution in [1.82, 2.24) is 4.98 Å². The lowest BCUT2D eigenvalue weighted by Crippen LogP contribution is -2.06. The molecular formula is C9H14N2O2. The molecule has 2 N–H and O–H groups in total. The second-order valence-electron chi connectivity index (χ2n) is 2.74. The maximum Gasteiger partial charge on any atom is 0.213 e. The van der Waals surface area contributed by atoms with Gasteiger partial charge in [-0.2, -0.15) is 0 Å². The molecule has 0 aliphatic rings. The third kappa shape index (κ3) is 3.87. The van der Waals surface area contributed by atoms with Gasteiger partial charge in [-0.05, 0) is 18.6 Å². The van der Waals surface area contributed by atoms with Crippen molar-refractivity contribution in [1.29, 1.82) is 0 Å². The van der Waals surface area contributed by atoms with Crippen molar-refractivity contribution >= 4 is 0 Å². The van der Waals surface area contributed by atoms with Crippen molar-refractivity contribution in [2.75, 3.05) is 13.2 Å². The van der Waals surface area contributed by atoms with Gasteiger partial charge >= 0.3 is 0 Å². The number of ether oxygens (including phenoxy) is 1. The van der Waals surface area contributed by atoms with Crippen LogP contribution in [0.15, 0.2) is 18.3 Å². The van der Waals surface area contributed by atoms with Crippen LogP contribution in [-0.2, 0) is 4.84 Å². The second-order valence-corrected chi connectivity index (χ2v) is 2.74. The van der Waals surface area contributed by atoms with Crippen molar-refractivity contribution in [2.24, 2.45) is 5.90 Å². The Labute approximate surface area is 77.6 Å². The van der Waals surface area contributed by atoms with Crippen molar-refractivity contribution in [3.8, 4) is 5.88 Å². The standard InChI is InChI=1S/C9H14N2O2/c1-8-3-4-11-9(7-8)12-5-2-6-13-10/h3-4,7H,2,5-6,10H2,1H3. The zero-order chi connectivity index (χ0) is 9.52. The molecule has 0 unspecified atom stereocenters. The fourth-order valence-electron chi connectivity index (χ4n) is 0.906. The highest BCUT2D eigenvalue weighted by Gasteiger charge is 1.94. The highest BCUT2D eigenvalue weighted by molar-refractivity contribution is 5.18. The van der Waals surface area contributed by atoms with Crippen LogP contribution in [0, 0.1) is 6.92 Å². The molecule has 0 spiro atoms. The Bertz CT molecular complexity index is 253. The summed E-state index contributed by atoms with van der Waals surface area (Å²) in [6.07, 6.45) is 2.50. The number of hydrogen-bond acceptors (Lipinski definition) is 4. The molecule has 1 rings (SSSR count). The predicted octanol–water partition coefficient (Wildman–Crippen LogP) is 1.05. The molecule has 1 aromatic heterocycles. The summed E-state index contributed by atoms with van der Waals surface area (Å²) in [6, 6.07) is 3.82. The summed E-state index contributed by atoms with van der Waals surface area (Å²) in [4.78, 5) is 8.45. The molecule has 0 aromatic carbocycles. The third-order valence-electron chi connectivity index (χ3n) is 1.55. The van der Waals surface area contributed by atoms with E-state index in [1.807, 2.05) is 19.1 Å². The Morgan fingerprint density at radius 1 is 1.46 bits per heavy atom. The molecule has 0 saturated carbocycles. The summed E-state index contributed by atoms with van der Waals surface area (Å²) in [5, 5.41) is 0. The van der Waals surface area contributed by atoms with E-state index in [1.54, 1.807) is 6.20 Å². The van der Waals surface area contributed by atoms with Gasteiger partial charge in [-0.3, -0.25) is 0 Å². The first-order valence-electron chi connectivity index (χ1n) is 4.20. The maximum absolute atomic E-state index is 5.34. The maximum atomic E-state index is 5.34. The summed E-state index contributed by atoms with van der Waals surface area (Å²) in [5.74, 6) is 5.51. The lowest BCUT2D eigenvalue weighted by atomic mass is 10.3. The van der Waals surface area contributed by atoms with Gasteiger partial charge in [-0.1, -0.05) is 0 Å². The quantitative estimate of drug-likeness (QED) is 0.546. The molecule has 0 aliphatic heterocycles. The van der Waals surface area contributed by atoms with Crippen LogP contribution in [-0.4, -0.2) is 18.2 Å². The highest BCUT2D eigenvalue weighted by atomic mass is 16.6. The number of aromatic nitrogens is 1. The largest absolute Gasteiger partial charge is 0.478 e. The van der Waals surface area contributed by atoms with Crippen LogP contribution < -0.4 is 10.6 Å². The van der Waals surface area contributed by atoms with Gasteiger partial charge in [0.25, 0.3) is 0 Å². The van der Waals surface area contributed by atoms with E-state index in [9.17, 15) is 0 Å². The molecule has 4 nitrogen and oxygen atoms in total. The molecule has 0 amide bonds. The molecule has 72 valence electrons. The first-order chi connectivity index (χ1) is 6.33. The van der Waals surface area contributed by atoms with Crippen LogP contribution in [0.4, 0.5) is 0 Å². The van der Waals surface area contributed by atoms with Crippen molar-refractivity contribution < 1.29 is 9.57 Å². The van der Waals surface area contributed by atoms with Crippen LogP contribution >= 0.6 is 0 Å². The van der Waals surface area contributed by atoms with Gasteiger partial charge in [0.15, 0.2) is 0 Å². The average Bonchev–Trinajstić information content (AvgIpc) is 2.13. The summed E-state index contributed by atoms with van der Waals surface area (Å²) in [5.41, 5.74) is 1.14. The number of aryl methyl sites for hydroxylation is 1. The molecule has 0 fully saturated rings. The highest BCUT2D eigenvalue weighted by Crippen LogP contribution is 2.07. The molecule has 1 heterocycles. The molecule has 13 heavy (non-hydrogen) atoms. The van der Waals surface area contributed by atoms with Gasteiger partial charge in [0.2, 0.25) is 5.88 Å². The Morgan fingerprint density at radius 2 is 2.31 bits per heavy atom. The lowest BCUT2D eigenvalue weighted by molar-refractivity contribution is 0.121. The Kier molecular flexibility index (Phi) is 4.21. The summed E-state index contributed by atoms with van der Waals surface area (Å²) < 4.78 is 5.34. The Morgan fingerprint density at radius 3 is 3.00 bits per heavy atom. The van der Waals surface area contributed by atoms with Gasteiger partial charge in [-0.25, -0.2) is 10.9 Å². The van der Waals surface area contributed by atoms with Crippen molar-refractivity contribution in [2.45, 2.75) is 13.3 Å². The van der Waals surface area contributed by atoms with Gasteiger partial charge in [0, 0.05) is 18.7 Å². The summed E-state index contributed by atoms with van der Waals surface area (Å²) in [6.45, 7) is 3.08. The van der Waals surface area contributed by atoms with Crippen LogP contribution in [0.2, 0.25) is 0 Å². The van der Waals surface area contributed by atoms with E-state index in [4.69, 9.17) is 10.6 Å². The predicted molar refractivity (Wildman–Crippen MR) is 49.2 cm³/mol. The van der Waals surface area contributed by atoms with Crippen molar-refractivity contribution in [3.05, 3.63) is 23.9 Å². The number of rotatable bonds is 5. The topological polar surface area (TPSA) is 57.4 Å². The lowest BCUT2D eigenvalue weighted by Gasteiger charge is -2.04. The molecular weight excluding hydrogens is 168 g/mol. The molecule has 0 atom stereocenters. The van der Waals surface area contributed by atoms with E-state index < -0.39 is 0 Å². The first kappa shape index (κ1) is 9.95. The molecule has 4 heteroatoms. The fourth-order valence-corrected chi connectivity index (χ4v) is 0.906. The molecule has 0 saturated heterocycles. The van der Waals surface area contributed by atoms with Crippen molar-refractivity contribution in [3.63, 3.8) is 0 Å². The SMILES string of the molecule is Cc1ccnc(OCCCON)c1. The zero-order valence-corrected chi connectivity index (χ0v) is 7.69. The molecule has 1 aromatic rings. The second kappa shape index (κ2) is 5.50. The van der Waals surface area contributed by atoms with E-state index in [2.05, 4.69) is 9.82 Å². The fraction of sp³-hybridized carbons (Fsp3) is 0.444. The minimum absolute atomic E-state index is 0.506. The van der Waals surface area contributed by atoms with Crippen LogP contribution in [0.3, 0.4) is 0 Å². The first-order valence-corrected chi connectivity index (χ1v) is 4.20. The molecule has 0 aliphatic carbocycles. The number of pyridine rings is 1. The van der Waals surface area contributed by atoms with Gasteiger partial charge in [0.05, 0.1) is 13.2 Å². The van der Waals surface area contributed by atoms with E-state index in [0.29, 0.717) is 19.1 Å². The monoisotopic (exact) mass is 182 g/mol. The van der Waals surface area contributed by atoms with Gasteiger partial charge in [0.1, 0.15) is 0 Å². The average molecular weight is 182 g/mol. The normalized spacial score (nSPS) is 10.0. The van der Waals surface area contributed by atoms with Gasteiger partial charge < -0.3 is 9.57 Å². The number of nitrogens with two attached hydrogens (primary N) is 1. The molecule has 0 bridgehead atoms. The Hall–Kier alpha value is -1.13. The van der Waals surface area contributed by atoms with E-state index in [-0.39, 0.29) is 0 Å². The summed E-state index contributed by atoms with van der Waals surface area (Å²) >= 11 is 0. The third-order valence-corrected chi connectivity index (χ3v) is 1.55. The Balaban J connectivity index is 2.28. The van der Waals surface area contributed by atoms with E-state index in [0.717, 1.165) is 12.0 Å². The van der Waals surface area contributed by atoms with Crippen LogP contribution in [0.25, 0.3) is 0 Å². The van der Waals surface area contributed by atoms with Crippen LogP contribution in [0.5, 0.6) is 5.88 Å².